The van der Waals surface area contributed by atoms with Crippen molar-refractivity contribution in [3.05, 3.63) is 99.5 Å². The van der Waals surface area contributed by atoms with E-state index in [1.807, 2.05) is 61.5 Å². The van der Waals surface area contributed by atoms with Gasteiger partial charge in [-0.05, 0) is 36.2 Å². The molecule has 1 aliphatic heterocycles. The van der Waals surface area contributed by atoms with Gasteiger partial charge in [-0.1, -0.05) is 83.0 Å². The predicted octanol–water partition coefficient (Wildman–Crippen LogP) is 5.74. The van der Waals surface area contributed by atoms with E-state index in [1.165, 1.54) is 0 Å². The topological polar surface area (TPSA) is 54.3 Å². The van der Waals surface area contributed by atoms with Crippen LogP contribution >= 0.6 is 23.2 Å². The molecule has 0 bridgehead atoms. The van der Waals surface area contributed by atoms with Crippen LogP contribution in [0.1, 0.15) is 23.1 Å². The number of nitrogens with zero attached hydrogens (tertiary/aromatic N) is 2. The molecule has 1 N–H and O–H groups in total. The van der Waals surface area contributed by atoms with E-state index in [1.54, 1.807) is 6.07 Å². The Kier molecular flexibility index (Phi) is 8.46. The molecule has 0 fully saturated rings. The molecule has 34 heavy (non-hydrogen) atoms. The first-order valence-corrected chi connectivity index (χ1v) is 12.0. The summed E-state index contributed by atoms with van der Waals surface area (Å²) in [6.45, 7) is 3.95. The second kappa shape index (κ2) is 11.7. The van der Waals surface area contributed by atoms with Gasteiger partial charge in [0.2, 0.25) is 0 Å². The lowest BCUT2D eigenvalue weighted by Gasteiger charge is -2.27. The van der Waals surface area contributed by atoms with Crippen molar-refractivity contribution in [3.8, 4) is 5.75 Å². The third-order valence-corrected chi connectivity index (χ3v) is 6.43. The highest BCUT2D eigenvalue weighted by Crippen LogP contribution is 2.26. The molecule has 0 radical (unpaired) electrons. The summed E-state index contributed by atoms with van der Waals surface area (Å²) in [6.07, 6.45) is -0.128. The Morgan fingerprint density at radius 1 is 1.06 bits per heavy atom. The van der Waals surface area contributed by atoms with Crippen LogP contribution in [0.5, 0.6) is 5.75 Å². The van der Waals surface area contributed by atoms with Gasteiger partial charge in [0.15, 0.2) is 0 Å². The van der Waals surface area contributed by atoms with E-state index in [0.717, 1.165) is 28.2 Å². The molecule has 0 saturated heterocycles. The highest BCUT2D eigenvalue weighted by atomic mass is 35.5. The Morgan fingerprint density at radius 3 is 2.59 bits per heavy atom. The summed E-state index contributed by atoms with van der Waals surface area (Å²) in [6, 6.07) is 23.5. The average molecular weight is 499 g/mol. The van der Waals surface area contributed by atoms with Crippen molar-refractivity contribution in [2.45, 2.75) is 32.1 Å². The van der Waals surface area contributed by atoms with E-state index in [2.05, 4.69) is 22.2 Å². The summed E-state index contributed by atoms with van der Waals surface area (Å²) in [5.74, 6) is 0.787. The Labute approximate surface area is 210 Å². The van der Waals surface area contributed by atoms with E-state index in [-0.39, 0.29) is 12.7 Å². The van der Waals surface area contributed by atoms with Gasteiger partial charge in [0.25, 0.3) is 0 Å². The minimum absolute atomic E-state index is 0.127. The number of hydrogen-bond donors (Lipinski definition) is 1. The second-order valence-corrected chi connectivity index (χ2v) is 9.32. The maximum atomic E-state index is 10.7. The van der Waals surface area contributed by atoms with Crippen LogP contribution in [0.15, 0.2) is 78.0 Å². The number of rotatable bonds is 10. The van der Waals surface area contributed by atoms with Crippen molar-refractivity contribution >= 4 is 28.9 Å². The molecule has 0 unspecified atom stereocenters. The van der Waals surface area contributed by atoms with Crippen LogP contribution in [-0.2, 0) is 11.4 Å². The highest BCUT2D eigenvalue weighted by molar-refractivity contribution is 6.42. The van der Waals surface area contributed by atoms with Gasteiger partial charge >= 0.3 is 0 Å². The van der Waals surface area contributed by atoms with Gasteiger partial charge in [-0.15, -0.1) is 0 Å². The first kappa shape index (κ1) is 24.6. The molecule has 5 nitrogen and oxygen atoms in total. The van der Waals surface area contributed by atoms with Crippen LogP contribution < -0.4 is 4.74 Å². The molecule has 2 atom stereocenters. The SMILES string of the molecule is Cc1ccccc1OC[C@@H](O)CN(Cc1ccccc1)C[C@@H]1CC(c2ccc(Cl)c(Cl)c2)=NO1. The van der Waals surface area contributed by atoms with Crippen LogP contribution in [0, 0.1) is 6.92 Å². The van der Waals surface area contributed by atoms with Gasteiger partial charge in [-0.3, -0.25) is 4.90 Å². The molecule has 1 heterocycles. The summed E-state index contributed by atoms with van der Waals surface area (Å²) in [7, 11) is 0. The number of halogens is 2. The van der Waals surface area contributed by atoms with Crippen molar-refractivity contribution in [2.75, 3.05) is 19.7 Å². The molecule has 3 aromatic carbocycles. The smallest absolute Gasteiger partial charge is 0.145 e. The zero-order valence-electron chi connectivity index (χ0n) is 19.0. The first-order chi connectivity index (χ1) is 16.5. The lowest BCUT2D eigenvalue weighted by atomic mass is 10.0. The van der Waals surface area contributed by atoms with E-state index >= 15 is 0 Å². The van der Waals surface area contributed by atoms with Crippen LogP contribution in [-0.4, -0.2) is 47.6 Å². The lowest BCUT2D eigenvalue weighted by molar-refractivity contribution is 0.0212. The predicted molar refractivity (Wildman–Crippen MR) is 137 cm³/mol. The molecular weight excluding hydrogens is 471 g/mol. The van der Waals surface area contributed by atoms with Gasteiger partial charge in [0, 0.05) is 31.6 Å². The lowest BCUT2D eigenvalue weighted by Crippen LogP contribution is -2.39. The maximum absolute atomic E-state index is 10.7. The second-order valence-electron chi connectivity index (χ2n) is 8.51. The number of hydrogen-bond acceptors (Lipinski definition) is 5. The fourth-order valence-electron chi connectivity index (χ4n) is 3.96. The van der Waals surface area contributed by atoms with Crippen molar-refractivity contribution in [1.29, 1.82) is 0 Å². The molecule has 0 spiro atoms. The summed E-state index contributed by atoms with van der Waals surface area (Å²) in [5, 5.41) is 16.0. The molecule has 1 aliphatic rings. The minimum Gasteiger partial charge on any atom is -0.491 e. The van der Waals surface area contributed by atoms with E-state index in [0.29, 0.717) is 36.1 Å². The van der Waals surface area contributed by atoms with Crippen LogP contribution in [0.4, 0.5) is 0 Å². The van der Waals surface area contributed by atoms with Crippen LogP contribution in [0.2, 0.25) is 10.0 Å². The Morgan fingerprint density at radius 2 is 1.82 bits per heavy atom. The quantitative estimate of drug-likeness (QED) is 0.387. The molecular formula is C27H28Cl2N2O3. The minimum atomic E-state index is -0.653. The Balaban J connectivity index is 1.37. The number of para-hydroxylation sites is 1. The molecule has 3 aromatic rings. The number of ether oxygens (including phenoxy) is 1. The van der Waals surface area contributed by atoms with Gasteiger partial charge in [0.05, 0.1) is 15.8 Å². The summed E-state index contributed by atoms with van der Waals surface area (Å²) in [4.78, 5) is 7.92. The molecule has 7 heteroatoms. The molecule has 4 rings (SSSR count). The number of aliphatic hydroxyl groups is 1. The number of benzene rings is 3. The zero-order chi connectivity index (χ0) is 23.9. The summed E-state index contributed by atoms with van der Waals surface area (Å²) >= 11 is 12.2. The van der Waals surface area contributed by atoms with E-state index in [4.69, 9.17) is 32.8 Å². The van der Waals surface area contributed by atoms with Crippen LogP contribution in [0.3, 0.4) is 0 Å². The zero-order valence-corrected chi connectivity index (χ0v) is 20.5. The molecule has 0 saturated carbocycles. The third kappa shape index (κ3) is 6.73. The molecule has 178 valence electrons. The van der Waals surface area contributed by atoms with Crippen LogP contribution in [0.25, 0.3) is 0 Å². The fraction of sp³-hybridized carbons (Fsp3) is 0.296. The Hall–Kier alpha value is -2.57. The van der Waals surface area contributed by atoms with Gasteiger partial charge < -0.3 is 14.7 Å². The molecule has 0 aromatic heterocycles. The number of aryl methyl sites for hydroxylation is 1. The normalized spacial score (nSPS) is 16.3. The maximum Gasteiger partial charge on any atom is 0.145 e. The number of oxime groups is 1. The molecule has 0 aliphatic carbocycles. The van der Waals surface area contributed by atoms with Crippen molar-refractivity contribution < 1.29 is 14.7 Å². The fourth-order valence-corrected chi connectivity index (χ4v) is 4.26. The summed E-state index contributed by atoms with van der Waals surface area (Å²) in [5.41, 5.74) is 3.95. The van der Waals surface area contributed by atoms with E-state index < -0.39 is 6.10 Å². The largest absolute Gasteiger partial charge is 0.491 e. The highest BCUT2D eigenvalue weighted by Gasteiger charge is 2.26. The van der Waals surface area contributed by atoms with Crippen molar-refractivity contribution in [2.24, 2.45) is 5.16 Å². The van der Waals surface area contributed by atoms with Gasteiger partial charge in [-0.2, -0.15) is 0 Å². The van der Waals surface area contributed by atoms with Crippen molar-refractivity contribution in [3.63, 3.8) is 0 Å². The standard InChI is InChI=1S/C27H28Cl2N2O3/c1-19-7-5-6-10-27(19)33-18-22(32)16-31(15-20-8-3-2-4-9-20)17-23-14-26(30-34-23)21-11-12-24(28)25(29)13-21/h2-13,22-23,32H,14-18H2,1H3/t22-,23-/m0/s1. The monoisotopic (exact) mass is 498 g/mol. The third-order valence-electron chi connectivity index (χ3n) is 5.69. The number of aliphatic hydroxyl groups excluding tert-OH is 1. The van der Waals surface area contributed by atoms with Crippen molar-refractivity contribution in [1.82, 2.24) is 4.90 Å². The average Bonchev–Trinajstić information content (AvgIpc) is 3.29. The van der Waals surface area contributed by atoms with E-state index in [9.17, 15) is 5.11 Å². The van der Waals surface area contributed by atoms with Gasteiger partial charge in [0.1, 0.15) is 24.6 Å². The Bertz CT molecular complexity index is 1120. The van der Waals surface area contributed by atoms with Gasteiger partial charge in [-0.25, -0.2) is 0 Å². The molecule has 0 amide bonds. The summed E-state index contributed by atoms with van der Waals surface area (Å²) < 4.78 is 5.86. The first-order valence-electron chi connectivity index (χ1n) is 11.3.